The van der Waals surface area contributed by atoms with Crippen LogP contribution in [0.3, 0.4) is 0 Å². The first kappa shape index (κ1) is 21.1. The van der Waals surface area contributed by atoms with Crippen molar-refractivity contribution in [2.75, 3.05) is 17.6 Å². The number of rotatable bonds is 8. The monoisotopic (exact) mass is 473 g/mol. The van der Waals surface area contributed by atoms with Gasteiger partial charge in [0.2, 0.25) is 11.8 Å². The molecule has 2 aromatic carbocycles. The molecule has 7 nitrogen and oxygen atoms in total. The van der Waals surface area contributed by atoms with Gasteiger partial charge in [-0.2, -0.15) is 0 Å². The van der Waals surface area contributed by atoms with E-state index < -0.39 is 0 Å². The van der Waals surface area contributed by atoms with Crippen LogP contribution >= 0.6 is 27.7 Å². The van der Waals surface area contributed by atoms with E-state index in [1.165, 1.54) is 17.3 Å². The van der Waals surface area contributed by atoms with Crippen LogP contribution in [0.15, 0.2) is 64.5 Å². The molecule has 3 rings (SSSR count). The van der Waals surface area contributed by atoms with Crippen LogP contribution in [-0.4, -0.2) is 38.9 Å². The van der Waals surface area contributed by atoms with Gasteiger partial charge in [-0.05, 0) is 43.3 Å². The van der Waals surface area contributed by atoms with Gasteiger partial charge in [0.15, 0.2) is 5.16 Å². The molecule has 150 valence electrons. The average molecular weight is 474 g/mol. The third-order valence-corrected chi connectivity index (χ3v) is 5.43. The zero-order chi connectivity index (χ0) is 20.6. The van der Waals surface area contributed by atoms with Crippen molar-refractivity contribution < 1.29 is 9.59 Å². The van der Waals surface area contributed by atoms with Crippen molar-refractivity contribution in [1.29, 1.82) is 0 Å². The van der Waals surface area contributed by atoms with Gasteiger partial charge in [0.1, 0.15) is 6.33 Å². The first-order chi connectivity index (χ1) is 14.0. The average Bonchev–Trinajstić information content (AvgIpc) is 3.17. The van der Waals surface area contributed by atoms with Crippen molar-refractivity contribution in [1.82, 2.24) is 20.1 Å². The van der Waals surface area contributed by atoms with Gasteiger partial charge < -0.3 is 10.6 Å². The third kappa shape index (κ3) is 6.43. The van der Waals surface area contributed by atoms with Crippen LogP contribution in [-0.2, 0) is 9.59 Å². The Bertz CT molecular complexity index is 973. The summed E-state index contributed by atoms with van der Waals surface area (Å²) in [6, 6.07) is 15.3. The molecule has 0 atom stereocenters. The lowest BCUT2D eigenvalue weighted by atomic mass is 10.2. The van der Waals surface area contributed by atoms with Crippen LogP contribution in [0.5, 0.6) is 0 Å². The van der Waals surface area contributed by atoms with E-state index in [1.807, 2.05) is 47.9 Å². The van der Waals surface area contributed by atoms with Crippen LogP contribution in [0.4, 0.5) is 5.69 Å². The molecule has 2 amide bonds. The highest BCUT2D eigenvalue weighted by atomic mass is 79.9. The first-order valence-corrected chi connectivity index (χ1v) is 10.7. The van der Waals surface area contributed by atoms with E-state index in [1.54, 1.807) is 18.5 Å². The number of anilines is 1. The van der Waals surface area contributed by atoms with Crippen molar-refractivity contribution in [3.05, 3.63) is 64.9 Å². The molecule has 1 heterocycles. The van der Waals surface area contributed by atoms with E-state index in [0.717, 1.165) is 15.8 Å². The maximum atomic E-state index is 12.1. The summed E-state index contributed by atoms with van der Waals surface area (Å²) in [5.74, 6) is -0.122. The van der Waals surface area contributed by atoms with E-state index in [0.29, 0.717) is 5.16 Å². The van der Waals surface area contributed by atoms with Gasteiger partial charge in [0.25, 0.3) is 0 Å². The van der Waals surface area contributed by atoms with Crippen molar-refractivity contribution in [3.8, 4) is 5.69 Å². The second-order valence-electron chi connectivity index (χ2n) is 6.26. The minimum absolute atomic E-state index is 0.153. The van der Waals surface area contributed by atoms with Crippen molar-refractivity contribution >= 4 is 45.2 Å². The summed E-state index contributed by atoms with van der Waals surface area (Å²) >= 11 is 4.64. The number of carbonyl (C=O) groups excluding carboxylic acids is 2. The van der Waals surface area contributed by atoms with Gasteiger partial charge >= 0.3 is 0 Å². The highest BCUT2D eigenvalue weighted by molar-refractivity contribution is 9.10. The molecule has 0 aliphatic heterocycles. The second kappa shape index (κ2) is 10.2. The molecule has 0 bridgehead atoms. The largest absolute Gasteiger partial charge is 0.355 e. The van der Waals surface area contributed by atoms with E-state index in [9.17, 15) is 9.59 Å². The van der Waals surface area contributed by atoms with Crippen LogP contribution in [0.2, 0.25) is 0 Å². The molecule has 0 saturated carbocycles. The van der Waals surface area contributed by atoms with Gasteiger partial charge in [0, 0.05) is 28.8 Å². The Hall–Kier alpha value is -2.65. The number of hydrogen-bond donors (Lipinski definition) is 2. The number of amides is 2. The molecule has 0 aliphatic rings. The van der Waals surface area contributed by atoms with Crippen LogP contribution in [0.25, 0.3) is 5.69 Å². The van der Waals surface area contributed by atoms with Crippen LogP contribution in [0.1, 0.15) is 12.0 Å². The molecule has 29 heavy (non-hydrogen) atoms. The first-order valence-electron chi connectivity index (χ1n) is 8.93. The normalized spacial score (nSPS) is 10.6. The fourth-order valence-electron chi connectivity index (χ4n) is 2.46. The molecular formula is C20H20BrN5O2S. The standard InChI is InChI=1S/C20H20BrN5O2S/c1-14-2-8-17(9-3-14)26-13-23-25-20(26)29-12-19(28)22-11-10-18(27)24-16-6-4-15(21)5-7-16/h2-9,13H,10-12H2,1H3,(H,22,28)(H,24,27). The van der Waals surface area contributed by atoms with Crippen molar-refractivity contribution in [3.63, 3.8) is 0 Å². The topological polar surface area (TPSA) is 88.9 Å². The Balaban J connectivity index is 1.41. The number of aromatic nitrogens is 3. The van der Waals surface area contributed by atoms with Gasteiger partial charge in [-0.25, -0.2) is 0 Å². The highest BCUT2D eigenvalue weighted by Crippen LogP contribution is 2.19. The molecule has 3 aromatic rings. The maximum absolute atomic E-state index is 12.1. The molecule has 9 heteroatoms. The number of aryl methyl sites for hydroxylation is 1. The number of carbonyl (C=O) groups is 2. The molecule has 0 spiro atoms. The van der Waals surface area contributed by atoms with E-state index in [-0.39, 0.29) is 30.5 Å². The number of benzene rings is 2. The van der Waals surface area contributed by atoms with E-state index in [4.69, 9.17) is 0 Å². The number of nitrogens with zero attached hydrogens (tertiary/aromatic N) is 3. The molecule has 0 unspecified atom stereocenters. The SMILES string of the molecule is Cc1ccc(-n2cnnc2SCC(=O)NCCC(=O)Nc2ccc(Br)cc2)cc1. The van der Waals surface area contributed by atoms with Gasteiger partial charge in [0.05, 0.1) is 5.75 Å². The Morgan fingerprint density at radius 3 is 2.52 bits per heavy atom. The molecular weight excluding hydrogens is 454 g/mol. The van der Waals surface area contributed by atoms with E-state index >= 15 is 0 Å². The molecule has 2 N–H and O–H groups in total. The van der Waals surface area contributed by atoms with Crippen molar-refractivity contribution in [2.24, 2.45) is 0 Å². The Labute approximate surface area is 181 Å². The molecule has 1 aromatic heterocycles. The van der Waals surface area contributed by atoms with Gasteiger partial charge in [-0.1, -0.05) is 45.4 Å². The Morgan fingerprint density at radius 1 is 1.07 bits per heavy atom. The summed E-state index contributed by atoms with van der Waals surface area (Å²) < 4.78 is 2.78. The Morgan fingerprint density at radius 2 is 1.79 bits per heavy atom. The number of thioether (sulfide) groups is 1. The number of halogens is 1. The number of nitrogens with one attached hydrogen (secondary N) is 2. The molecule has 0 fully saturated rings. The van der Waals surface area contributed by atoms with Crippen molar-refractivity contribution in [2.45, 2.75) is 18.5 Å². The lowest BCUT2D eigenvalue weighted by Crippen LogP contribution is -2.29. The third-order valence-electron chi connectivity index (χ3n) is 3.96. The Kier molecular flexibility index (Phi) is 7.42. The van der Waals surface area contributed by atoms with Crippen LogP contribution in [0, 0.1) is 6.92 Å². The lowest BCUT2D eigenvalue weighted by Gasteiger charge is -2.08. The minimum atomic E-state index is -0.162. The summed E-state index contributed by atoms with van der Waals surface area (Å²) in [4.78, 5) is 24.0. The molecule has 0 saturated heterocycles. The summed E-state index contributed by atoms with van der Waals surface area (Å²) in [5.41, 5.74) is 2.82. The predicted octanol–water partition coefficient (Wildman–Crippen LogP) is 3.58. The predicted molar refractivity (Wildman–Crippen MR) is 117 cm³/mol. The number of hydrogen-bond acceptors (Lipinski definition) is 5. The second-order valence-corrected chi connectivity index (χ2v) is 8.12. The summed E-state index contributed by atoms with van der Waals surface area (Å²) in [6.45, 7) is 2.29. The maximum Gasteiger partial charge on any atom is 0.230 e. The van der Waals surface area contributed by atoms with E-state index in [2.05, 4.69) is 36.8 Å². The van der Waals surface area contributed by atoms with Gasteiger partial charge in [-0.3, -0.25) is 14.2 Å². The zero-order valence-electron chi connectivity index (χ0n) is 15.8. The fraction of sp³-hybridized carbons (Fsp3) is 0.200. The lowest BCUT2D eigenvalue weighted by molar-refractivity contribution is -0.119. The summed E-state index contributed by atoms with van der Waals surface area (Å²) in [5, 5.41) is 14.2. The highest BCUT2D eigenvalue weighted by Gasteiger charge is 2.10. The summed E-state index contributed by atoms with van der Waals surface area (Å²) in [6.07, 6.45) is 1.82. The smallest absolute Gasteiger partial charge is 0.230 e. The minimum Gasteiger partial charge on any atom is -0.355 e. The van der Waals surface area contributed by atoms with Gasteiger partial charge in [-0.15, -0.1) is 10.2 Å². The molecule has 0 aliphatic carbocycles. The zero-order valence-corrected chi connectivity index (χ0v) is 18.2. The molecule has 0 radical (unpaired) electrons. The quantitative estimate of drug-likeness (QED) is 0.488. The fourth-order valence-corrected chi connectivity index (χ4v) is 3.48. The van der Waals surface area contributed by atoms with Crippen LogP contribution < -0.4 is 10.6 Å². The summed E-state index contributed by atoms with van der Waals surface area (Å²) in [7, 11) is 0.